The molecule has 1 rings (SSSR count). The van der Waals surface area contributed by atoms with Gasteiger partial charge in [0.05, 0.1) is 12.3 Å². The Morgan fingerprint density at radius 1 is 1.86 bits per heavy atom. The molecule has 0 amide bonds. The minimum Gasteiger partial charge on any atom is -0.468 e. The first kappa shape index (κ1) is 9.99. The minimum absolute atomic E-state index is 0.136. The Kier molecular flexibility index (Phi) is 3.02. The molecule has 14 heavy (non-hydrogen) atoms. The minimum atomic E-state index is -0.662. The first-order valence-corrected chi connectivity index (χ1v) is 3.89. The average Bonchev–Trinajstić information content (AvgIpc) is 2.65. The van der Waals surface area contributed by atoms with E-state index in [1.165, 1.54) is 6.26 Å². The van der Waals surface area contributed by atoms with Crippen molar-refractivity contribution in [2.45, 2.75) is 5.92 Å². The normalized spacial score (nSPS) is 11.6. The van der Waals surface area contributed by atoms with Crippen molar-refractivity contribution in [1.29, 1.82) is 5.26 Å². The van der Waals surface area contributed by atoms with Crippen LogP contribution in [0.2, 0.25) is 0 Å². The van der Waals surface area contributed by atoms with Crippen molar-refractivity contribution in [1.82, 2.24) is 0 Å². The van der Waals surface area contributed by atoms with E-state index in [1.54, 1.807) is 18.2 Å². The molecule has 1 aromatic rings. The number of hydrogen-bond acceptors (Lipinski definition) is 4. The van der Waals surface area contributed by atoms with Gasteiger partial charge < -0.3 is 4.42 Å². The molecule has 5 nitrogen and oxygen atoms in total. The highest BCUT2D eigenvalue weighted by Gasteiger charge is 2.23. The average molecular weight is 192 g/mol. The second-order valence-corrected chi connectivity index (χ2v) is 2.72. The monoisotopic (exact) mass is 192 g/mol. The fourth-order valence-electron chi connectivity index (χ4n) is 1.09. The summed E-state index contributed by atoms with van der Waals surface area (Å²) in [6.07, 6.45) is 1.41. The lowest BCUT2D eigenvalue weighted by atomic mass is 9.99. The van der Waals surface area contributed by atoms with Crippen molar-refractivity contribution in [2.75, 3.05) is 6.54 Å². The molecule has 0 spiro atoms. The zero-order valence-electron chi connectivity index (χ0n) is 7.34. The largest absolute Gasteiger partial charge is 0.468 e. The Morgan fingerprint density at radius 2 is 2.57 bits per heavy atom. The van der Waals surface area contributed by atoms with E-state index in [4.69, 9.17) is 9.68 Å². The van der Waals surface area contributed by atoms with Gasteiger partial charge in [-0.3, -0.25) is 10.1 Å². The van der Waals surface area contributed by atoms with Gasteiger partial charge in [0.1, 0.15) is 11.7 Å². The summed E-state index contributed by atoms with van der Waals surface area (Å²) in [6, 6.07) is 5.01. The van der Waals surface area contributed by atoms with E-state index in [0.29, 0.717) is 5.76 Å². The van der Waals surface area contributed by atoms with Crippen molar-refractivity contribution in [2.24, 2.45) is 0 Å². The Morgan fingerprint density at radius 3 is 3.00 bits per heavy atom. The molecule has 1 unspecified atom stereocenters. The van der Waals surface area contributed by atoms with E-state index < -0.39 is 10.8 Å². The lowest BCUT2D eigenvalue weighted by Crippen LogP contribution is -2.13. The van der Waals surface area contributed by atoms with Crippen LogP contribution in [-0.2, 0) is 0 Å². The predicted molar refractivity (Wildman–Crippen MR) is 48.1 cm³/mol. The first-order chi connectivity index (χ1) is 6.65. The summed E-state index contributed by atoms with van der Waals surface area (Å²) in [4.78, 5) is 9.85. The molecule has 0 radical (unpaired) electrons. The standard InChI is InChI=1S/C9H8N2O3/c1-7(5-10)8(6-11(12)13)9-3-2-4-14-9/h2-4,8H,1,6H2. The van der Waals surface area contributed by atoms with Gasteiger partial charge in [-0.15, -0.1) is 0 Å². The molecule has 0 aliphatic heterocycles. The van der Waals surface area contributed by atoms with Crippen molar-refractivity contribution in [3.8, 4) is 6.07 Å². The third-order valence-corrected chi connectivity index (χ3v) is 1.78. The molecule has 0 aromatic carbocycles. The molecule has 0 aliphatic rings. The molecule has 1 atom stereocenters. The van der Waals surface area contributed by atoms with E-state index >= 15 is 0 Å². The number of nitro groups is 1. The van der Waals surface area contributed by atoms with Crippen LogP contribution in [0, 0.1) is 21.4 Å². The Balaban J connectivity index is 2.89. The lowest BCUT2D eigenvalue weighted by Gasteiger charge is -2.06. The molecule has 72 valence electrons. The van der Waals surface area contributed by atoms with Gasteiger partial charge in [-0.25, -0.2) is 0 Å². The van der Waals surface area contributed by atoms with Crippen molar-refractivity contribution in [3.63, 3.8) is 0 Å². The number of hydrogen-bond donors (Lipinski definition) is 0. The van der Waals surface area contributed by atoms with Crippen LogP contribution in [0.15, 0.2) is 35.0 Å². The van der Waals surface area contributed by atoms with E-state index in [0.717, 1.165) is 0 Å². The van der Waals surface area contributed by atoms with Crippen molar-refractivity contribution in [3.05, 3.63) is 46.4 Å². The quantitative estimate of drug-likeness (QED) is 0.413. The van der Waals surface area contributed by atoms with Crippen LogP contribution in [0.5, 0.6) is 0 Å². The van der Waals surface area contributed by atoms with Gasteiger partial charge in [0, 0.05) is 10.5 Å². The maximum Gasteiger partial charge on any atom is 0.218 e. The highest BCUT2D eigenvalue weighted by Crippen LogP contribution is 2.23. The van der Waals surface area contributed by atoms with E-state index in [-0.39, 0.29) is 12.1 Å². The lowest BCUT2D eigenvalue weighted by molar-refractivity contribution is -0.482. The molecule has 0 aliphatic carbocycles. The van der Waals surface area contributed by atoms with Gasteiger partial charge in [0.2, 0.25) is 6.54 Å². The van der Waals surface area contributed by atoms with Gasteiger partial charge in [0.25, 0.3) is 0 Å². The van der Waals surface area contributed by atoms with Crippen molar-refractivity contribution >= 4 is 0 Å². The second kappa shape index (κ2) is 4.23. The Labute approximate surface area is 80.4 Å². The SMILES string of the molecule is C=C(C#N)C(C[N+](=O)[O-])c1ccco1. The predicted octanol–water partition coefficient (Wildman–Crippen LogP) is 1.72. The van der Waals surface area contributed by atoms with Gasteiger partial charge in [0.15, 0.2) is 0 Å². The van der Waals surface area contributed by atoms with E-state index in [9.17, 15) is 10.1 Å². The van der Waals surface area contributed by atoms with Crippen LogP contribution in [0.4, 0.5) is 0 Å². The van der Waals surface area contributed by atoms with Gasteiger partial charge in [-0.05, 0) is 12.1 Å². The maximum absolute atomic E-state index is 10.3. The second-order valence-electron chi connectivity index (χ2n) is 2.72. The third-order valence-electron chi connectivity index (χ3n) is 1.78. The van der Waals surface area contributed by atoms with Gasteiger partial charge in [-0.1, -0.05) is 6.58 Å². The Hall–Kier alpha value is -2.09. The summed E-state index contributed by atoms with van der Waals surface area (Å²) in [5.41, 5.74) is 0.136. The smallest absolute Gasteiger partial charge is 0.218 e. The van der Waals surface area contributed by atoms with Crippen LogP contribution < -0.4 is 0 Å². The molecule has 1 heterocycles. The number of nitrogens with zero attached hydrogens (tertiary/aromatic N) is 2. The third kappa shape index (κ3) is 2.20. The molecule has 0 bridgehead atoms. The summed E-state index contributed by atoms with van der Waals surface area (Å²) in [6.45, 7) is 3.08. The van der Waals surface area contributed by atoms with Crippen LogP contribution in [0.1, 0.15) is 11.7 Å². The fraction of sp³-hybridized carbons (Fsp3) is 0.222. The van der Waals surface area contributed by atoms with Crippen LogP contribution >= 0.6 is 0 Å². The highest BCUT2D eigenvalue weighted by molar-refractivity contribution is 5.29. The van der Waals surface area contributed by atoms with E-state index in [1.807, 2.05) is 0 Å². The first-order valence-electron chi connectivity index (χ1n) is 3.89. The van der Waals surface area contributed by atoms with Crippen LogP contribution in [0.25, 0.3) is 0 Å². The van der Waals surface area contributed by atoms with Crippen LogP contribution in [-0.4, -0.2) is 11.5 Å². The molecule has 5 heteroatoms. The summed E-state index contributed by atoms with van der Waals surface area (Å²) in [7, 11) is 0. The molecular weight excluding hydrogens is 184 g/mol. The summed E-state index contributed by atoms with van der Waals surface area (Å²) in [5, 5.41) is 18.9. The number of rotatable bonds is 4. The molecule has 0 N–H and O–H groups in total. The number of nitriles is 1. The summed E-state index contributed by atoms with van der Waals surface area (Å²) in [5.74, 6) is -0.266. The topological polar surface area (TPSA) is 80.1 Å². The molecule has 0 saturated carbocycles. The van der Waals surface area contributed by atoms with Crippen molar-refractivity contribution < 1.29 is 9.34 Å². The van der Waals surface area contributed by atoms with Gasteiger partial charge in [-0.2, -0.15) is 5.26 Å². The molecule has 0 fully saturated rings. The maximum atomic E-state index is 10.3. The Bertz CT molecular complexity index is 375. The van der Waals surface area contributed by atoms with Crippen LogP contribution in [0.3, 0.4) is 0 Å². The summed E-state index contributed by atoms with van der Waals surface area (Å²) < 4.78 is 5.00. The zero-order valence-corrected chi connectivity index (χ0v) is 7.34. The zero-order chi connectivity index (χ0) is 10.6. The summed E-state index contributed by atoms with van der Waals surface area (Å²) >= 11 is 0. The molecule has 1 aromatic heterocycles. The highest BCUT2D eigenvalue weighted by atomic mass is 16.6. The van der Waals surface area contributed by atoms with Gasteiger partial charge >= 0.3 is 0 Å². The van der Waals surface area contributed by atoms with E-state index in [2.05, 4.69) is 6.58 Å². The molecule has 0 saturated heterocycles. The fourth-order valence-corrected chi connectivity index (χ4v) is 1.09. The number of furan rings is 1. The molecular formula is C9H8N2O3.